The van der Waals surface area contributed by atoms with Crippen LogP contribution in [0.4, 0.5) is 0 Å². The number of hydrazone groups is 1. The average Bonchev–Trinajstić information content (AvgIpc) is 2.72. The van der Waals surface area contributed by atoms with E-state index in [0.717, 1.165) is 16.8 Å². The van der Waals surface area contributed by atoms with E-state index in [0.29, 0.717) is 5.65 Å². The van der Waals surface area contributed by atoms with E-state index < -0.39 is 0 Å². The van der Waals surface area contributed by atoms with Crippen LogP contribution in [0.2, 0.25) is 0 Å². The summed E-state index contributed by atoms with van der Waals surface area (Å²) < 4.78 is 3.14. The maximum atomic E-state index is 12.4. The molecule has 1 aromatic carbocycles. The van der Waals surface area contributed by atoms with E-state index >= 15 is 0 Å². The minimum Gasteiger partial charge on any atom is -0.323 e. The van der Waals surface area contributed by atoms with Gasteiger partial charge in [0.1, 0.15) is 0 Å². The standard InChI is InChI=1S/C14H13N5O/c1-18-13-12(7-10(8-16-13)9-17-15)19(14(18)20)11-5-3-2-4-6-11/h2-9H,15H2,1H3. The van der Waals surface area contributed by atoms with Crippen LogP contribution < -0.4 is 11.5 Å². The molecule has 0 amide bonds. The van der Waals surface area contributed by atoms with Crippen LogP contribution in [0, 0.1) is 0 Å². The Morgan fingerprint density at radius 1 is 1.30 bits per heavy atom. The van der Waals surface area contributed by atoms with Crippen molar-refractivity contribution in [2.45, 2.75) is 0 Å². The molecular formula is C14H13N5O. The number of imidazole rings is 1. The number of hydrogen-bond donors (Lipinski definition) is 1. The zero-order valence-electron chi connectivity index (χ0n) is 10.9. The number of pyridine rings is 1. The summed E-state index contributed by atoms with van der Waals surface area (Å²) in [5.74, 6) is 5.16. The summed E-state index contributed by atoms with van der Waals surface area (Å²) in [5, 5.41) is 3.49. The number of nitrogens with two attached hydrogens (primary N) is 1. The van der Waals surface area contributed by atoms with Gasteiger partial charge in [-0.15, -0.1) is 0 Å². The molecule has 0 aliphatic rings. The molecule has 0 atom stereocenters. The van der Waals surface area contributed by atoms with Gasteiger partial charge in [-0.1, -0.05) is 18.2 Å². The van der Waals surface area contributed by atoms with E-state index in [9.17, 15) is 4.79 Å². The van der Waals surface area contributed by atoms with Crippen molar-refractivity contribution in [3.05, 3.63) is 58.6 Å². The molecule has 0 radical (unpaired) electrons. The first-order valence-electron chi connectivity index (χ1n) is 6.08. The molecule has 20 heavy (non-hydrogen) atoms. The molecule has 100 valence electrons. The maximum absolute atomic E-state index is 12.4. The summed E-state index contributed by atoms with van der Waals surface area (Å²) in [6, 6.07) is 11.3. The van der Waals surface area contributed by atoms with Gasteiger partial charge in [0, 0.05) is 18.8 Å². The van der Waals surface area contributed by atoms with E-state index in [1.165, 1.54) is 10.8 Å². The highest BCUT2D eigenvalue weighted by molar-refractivity contribution is 5.85. The van der Waals surface area contributed by atoms with Gasteiger partial charge in [-0.2, -0.15) is 5.10 Å². The minimum absolute atomic E-state index is 0.138. The highest BCUT2D eigenvalue weighted by Crippen LogP contribution is 2.16. The largest absolute Gasteiger partial charge is 0.334 e. The van der Waals surface area contributed by atoms with Gasteiger partial charge >= 0.3 is 5.69 Å². The number of hydrogen-bond acceptors (Lipinski definition) is 4. The lowest BCUT2D eigenvalue weighted by Crippen LogP contribution is -2.20. The van der Waals surface area contributed by atoms with Gasteiger partial charge in [0.15, 0.2) is 5.65 Å². The van der Waals surface area contributed by atoms with E-state index in [1.807, 2.05) is 36.4 Å². The van der Waals surface area contributed by atoms with Gasteiger partial charge in [-0.05, 0) is 18.2 Å². The van der Waals surface area contributed by atoms with Crippen molar-refractivity contribution in [1.82, 2.24) is 14.1 Å². The third kappa shape index (κ3) is 1.78. The lowest BCUT2D eigenvalue weighted by atomic mass is 10.2. The van der Waals surface area contributed by atoms with Gasteiger partial charge in [0.2, 0.25) is 0 Å². The summed E-state index contributed by atoms with van der Waals surface area (Å²) >= 11 is 0. The van der Waals surface area contributed by atoms with Gasteiger partial charge in [0.25, 0.3) is 0 Å². The monoisotopic (exact) mass is 267 g/mol. The first-order valence-corrected chi connectivity index (χ1v) is 6.08. The fourth-order valence-corrected chi connectivity index (χ4v) is 2.21. The zero-order valence-corrected chi connectivity index (χ0v) is 10.9. The molecule has 6 nitrogen and oxygen atoms in total. The molecule has 0 fully saturated rings. The predicted molar refractivity (Wildman–Crippen MR) is 78.1 cm³/mol. The van der Waals surface area contributed by atoms with Crippen molar-refractivity contribution in [3.63, 3.8) is 0 Å². The van der Waals surface area contributed by atoms with E-state index in [-0.39, 0.29) is 5.69 Å². The molecule has 0 aliphatic carbocycles. The second-order valence-electron chi connectivity index (χ2n) is 4.40. The Kier molecular flexibility index (Phi) is 2.83. The van der Waals surface area contributed by atoms with Crippen molar-refractivity contribution < 1.29 is 0 Å². The number of para-hydroxylation sites is 1. The Hall–Kier alpha value is -2.89. The Balaban J connectivity index is 2.38. The summed E-state index contributed by atoms with van der Waals surface area (Å²) in [6.45, 7) is 0. The fraction of sp³-hybridized carbons (Fsp3) is 0.0714. The summed E-state index contributed by atoms with van der Waals surface area (Å²) in [6.07, 6.45) is 3.13. The van der Waals surface area contributed by atoms with Crippen LogP contribution in [0.1, 0.15) is 5.56 Å². The van der Waals surface area contributed by atoms with Crippen molar-refractivity contribution in [2.75, 3.05) is 0 Å². The second-order valence-corrected chi connectivity index (χ2v) is 4.40. The molecule has 0 saturated carbocycles. The van der Waals surface area contributed by atoms with E-state index in [1.54, 1.807) is 17.8 Å². The number of fused-ring (bicyclic) bond motifs is 1. The third-order valence-electron chi connectivity index (χ3n) is 3.14. The quantitative estimate of drug-likeness (QED) is 0.427. The molecule has 2 N–H and O–H groups in total. The second kappa shape index (κ2) is 4.65. The first kappa shape index (κ1) is 12.2. The smallest absolute Gasteiger partial charge is 0.323 e. The van der Waals surface area contributed by atoms with Crippen molar-refractivity contribution >= 4 is 17.4 Å². The number of aryl methyl sites for hydroxylation is 1. The molecule has 2 aromatic heterocycles. The molecule has 0 saturated heterocycles. The number of rotatable bonds is 2. The number of aromatic nitrogens is 3. The molecular weight excluding hydrogens is 254 g/mol. The van der Waals surface area contributed by atoms with Crippen LogP contribution in [-0.2, 0) is 7.05 Å². The van der Waals surface area contributed by atoms with Crippen LogP contribution in [0.25, 0.3) is 16.9 Å². The van der Waals surface area contributed by atoms with Gasteiger partial charge in [-0.25, -0.2) is 9.78 Å². The molecule has 0 aliphatic heterocycles. The fourth-order valence-electron chi connectivity index (χ4n) is 2.21. The minimum atomic E-state index is -0.138. The normalized spacial score (nSPS) is 11.4. The van der Waals surface area contributed by atoms with Gasteiger partial charge in [-0.3, -0.25) is 9.13 Å². The highest BCUT2D eigenvalue weighted by atomic mass is 16.1. The van der Waals surface area contributed by atoms with Crippen LogP contribution in [-0.4, -0.2) is 20.3 Å². The first-order chi connectivity index (χ1) is 9.72. The molecule has 3 aromatic rings. The van der Waals surface area contributed by atoms with Crippen molar-refractivity contribution in [3.8, 4) is 5.69 Å². The SMILES string of the molecule is Cn1c(=O)n(-c2ccccc2)c2cc(C=NN)cnc21. The Bertz CT molecular complexity index is 845. The lowest BCUT2D eigenvalue weighted by molar-refractivity contribution is 0.839. The predicted octanol–water partition coefficient (Wildman–Crippen LogP) is 1.02. The molecule has 0 spiro atoms. The van der Waals surface area contributed by atoms with Crippen LogP contribution in [0.3, 0.4) is 0 Å². The Labute approximate surface area is 114 Å². The Morgan fingerprint density at radius 3 is 2.75 bits per heavy atom. The molecule has 0 bridgehead atoms. The summed E-state index contributed by atoms with van der Waals surface area (Å²) in [5.41, 5.74) is 2.75. The lowest BCUT2D eigenvalue weighted by Gasteiger charge is -2.02. The summed E-state index contributed by atoms with van der Waals surface area (Å²) in [7, 11) is 1.70. The maximum Gasteiger partial charge on any atom is 0.334 e. The number of benzene rings is 1. The van der Waals surface area contributed by atoms with Crippen LogP contribution in [0.5, 0.6) is 0 Å². The molecule has 2 heterocycles. The van der Waals surface area contributed by atoms with E-state index in [2.05, 4.69) is 10.1 Å². The Morgan fingerprint density at radius 2 is 2.05 bits per heavy atom. The van der Waals surface area contributed by atoms with E-state index in [4.69, 9.17) is 5.84 Å². The highest BCUT2D eigenvalue weighted by Gasteiger charge is 2.13. The molecule has 3 rings (SSSR count). The van der Waals surface area contributed by atoms with Gasteiger partial charge in [0.05, 0.1) is 17.4 Å². The topological polar surface area (TPSA) is 78.2 Å². The number of nitrogens with zero attached hydrogens (tertiary/aromatic N) is 4. The average molecular weight is 267 g/mol. The van der Waals surface area contributed by atoms with Crippen molar-refractivity contribution in [2.24, 2.45) is 18.0 Å². The van der Waals surface area contributed by atoms with Crippen LogP contribution >= 0.6 is 0 Å². The van der Waals surface area contributed by atoms with Gasteiger partial charge < -0.3 is 5.84 Å². The van der Waals surface area contributed by atoms with Crippen LogP contribution in [0.15, 0.2) is 52.5 Å². The third-order valence-corrected chi connectivity index (χ3v) is 3.14. The molecule has 6 heteroatoms. The molecule has 0 unspecified atom stereocenters. The van der Waals surface area contributed by atoms with Crippen molar-refractivity contribution in [1.29, 1.82) is 0 Å². The zero-order chi connectivity index (χ0) is 14.1. The summed E-state index contributed by atoms with van der Waals surface area (Å²) in [4.78, 5) is 16.7.